The maximum absolute atomic E-state index is 12.3. The van der Waals surface area contributed by atoms with Gasteiger partial charge >= 0.3 is 0 Å². The van der Waals surface area contributed by atoms with Crippen molar-refractivity contribution in [3.8, 4) is 0 Å². The normalized spacial score (nSPS) is 16.1. The monoisotopic (exact) mass is 313 g/mol. The SMILES string of the molecule is C=NNC(=O)c1cccc2c1c1c(n2CCO)CC(C)(C)CC1. The Morgan fingerprint density at radius 3 is 2.96 bits per heavy atom. The fourth-order valence-corrected chi connectivity index (χ4v) is 3.69. The highest BCUT2D eigenvalue weighted by Crippen LogP contribution is 2.40. The number of aliphatic hydroxyl groups is 1. The van der Waals surface area contributed by atoms with Gasteiger partial charge in [0.2, 0.25) is 0 Å². The van der Waals surface area contributed by atoms with Crippen LogP contribution in [0.15, 0.2) is 23.3 Å². The molecule has 0 unspecified atom stereocenters. The van der Waals surface area contributed by atoms with Gasteiger partial charge in [0.15, 0.2) is 0 Å². The average Bonchev–Trinajstić information content (AvgIpc) is 2.80. The van der Waals surface area contributed by atoms with Crippen molar-refractivity contribution in [3.05, 3.63) is 35.0 Å². The summed E-state index contributed by atoms with van der Waals surface area (Å²) < 4.78 is 2.17. The molecule has 5 heteroatoms. The second-order valence-electron chi connectivity index (χ2n) is 6.94. The van der Waals surface area contributed by atoms with Crippen LogP contribution in [-0.4, -0.2) is 28.9 Å². The third-order valence-electron chi connectivity index (χ3n) is 4.76. The molecule has 0 bridgehead atoms. The van der Waals surface area contributed by atoms with Crippen LogP contribution in [0, 0.1) is 5.41 Å². The molecule has 0 saturated heterocycles. The van der Waals surface area contributed by atoms with Crippen LogP contribution in [0.25, 0.3) is 10.9 Å². The van der Waals surface area contributed by atoms with Crippen molar-refractivity contribution in [2.45, 2.75) is 39.7 Å². The quantitative estimate of drug-likeness (QED) is 0.673. The summed E-state index contributed by atoms with van der Waals surface area (Å²) in [5.41, 5.74) is 6.80. The Labute approximate surface area is 136 Å². The van der Waals surface area contributed by atoms with Crippen molar-refractivity contribution < 1.29 is 9.90 Å². The zero-order chi connectivity index (χ0) is 16.6. The third-order valence-corrected chi connectivity index (χ3v) is 4.76. The van der Waals surface area contributed by atoms with Gasteiger partial charge in [0, 0.05) is 29.9 Å². The van der Waals surface area contributed by atoms with Crippen LogP contribution in [0.5, 0.6) is 0 Å². The van der Waals surface area contributed by atoms with E-state index in [2.05, 4.69) is 35.7 Å². The molecular formula is C18H23N3O2. The highest BCUT2D eigenvalue weighted by atomic mass is 16.3. The summed E-state index contributed by atoms with van der Waals surface area (Å²) >= 11 is 0. The second-order valence-corrected chi connectivity index (χ2v) is 6.94. The number of carbonyl (C=O) groups is 1. The van der Waals surface area contributed by atoms with Gasteiger partial charge in [-0.15, -0.1) is 0 Å². The fourth-order valence-electron chi connectivity index (χ4n) is 3.69. The molecule has 0 saturated carbocycles. The average molecular weight is 313 g/mol. The van der Waals surface area contributed by atoms with Crippen molar-refractivity contribution in [3.63, 3.8) is 0 Å². The van der Waals surface area contributed by atoms with Crippen LogP contribution >= 0.6 is 0 Å². The van der Waals surface area contributed by atoms with E-state index < -0.39 is 0 Å². The predicted molar refractivity (Wildman–Crippen MR) is 91.8 cm³/mol. The first-order chi connectivity index (χ1) is 11.0. The molecule has 3 rings (SSSR count). The van der Waals surface area contributed by atoms with E-state index in [4.69, 9.17) is 0 Å². The number of fused-ring (bicyclic) bond motifs is 3. The molecule has 122 valence electrons. The number of aliphatic hydroxyl groups excluding tert-OH is 1. The lowest BCUT2D eigenvalue weighted by Gasteiger charge is -2.30. The predicted octanol–water partition coefficient (Wildman–Crippen LogP) is 2.49. The van der Waals surface area contributed by atoms with Gasteiger partial charge in [0.1, 0.15) is 0 Å². The molecule has 0 aliphatic heterocycles. The van der Waals surface area contributed by atoms with Crippen molar-refractivity contribution >= 4 is 23.5 Å². The van der Waals surface area contributed by atoms with Crippen LogP contribution in [0.3, 0.4) is 0 Å². The highest BCUT2D eigenvalue weighted by molar-refractivity contribution is 6.08. The summed E-state index contributed by atoms with van der Waals surface area (Å²) in [5, 5.41) is 14.0. The maximum Gasteiger partial charge on any atom is 0.272 e. The summed E-state index contributed by atoms with van der Waals surface area (Å²) in [6, 6.07) is 5.73. The molecule has 2 N–H and O–H groups in total. The zero-order valence-electron chi connectivity index (χ0n) is 13.7. The lowest BCUT2D eigenvalue weighted by molar-refractivity contribution is 0.0957. The van der Waals surface area contributed by atoms with E-state index in [9.17, 15) is 9.90 Å². The summed E-state index contributed by atoms with van der Waals surface area (Å²) in [7, 11) is 0. The van der Waals surface area contributed by atoms with Gasteiger partial charge in [-0.3, -0.25) is 4.79 Å². The number of carbonyl (C=O) groups excluding carboxylic acids is 1. The first-order valence-electron chi connectivity index (χ1n) is 7.98. The molecule has 0 radical (unpaired) electrons. The van der Waals surface area contributed by atoms with Crippen molar-refractivity contribution in [1.82, 2.24) is 9.99 Å². The summed E-state index contributed by atoms with van der Waals surface area (Å²) in [4.78, 5) is 12.3. The van der Waals surface area contributed by atoms with E-state index in [0.29, 0.717) is 12.1 Å². The van der Waals surface area contributed by atoms with Crippen LogP contribution in [0.1, 0.15) is 41.9 Å². The number of benzene rings is 1. The largest absolute Gasteiger partial charge is 0.395 e. The van der Waals surface area contributed by atoms with Gasteiger partial charge in [-0.05, 0) is 42.4 Å². The molecule has 1 aliphatic carbocycles. The van der Waals surface area contributed by atoms with E-state index in [1.54, 1.807) is 0 Å². The third kappa shape index (κ3) is 2.65. The highest BCUT2D eigenvalue weighted by Gasteiger charge is 2.31. The summed E-state index contributed by atoms with van der Waals surface area (Å²) in [6.07, 6.45) is 2.99. The minimum absolute atomic E-state index is 0.0846. The van der Waals surface area contributed by atoms with Gasteiger partial charge in [0.05, 0.1) is 12.2 Å². The fraction of sp³-hybridized carbons (Fsp3) is 0.444. The minimum atomic E-state index is -0.237. The molecule has 5 nitrogen and oxygen atoms in total. The summed E-state index contributed by atoms with van der Waals surface area (Å²) in [6.45, 7) is 8.50. The van der Waals surface area contributed by atoms with Gasteiger partial charge in [-0.1, -0.05) is 19.9 Å². The first-order valence-corrected chi connectivity index (χ1v) is 7.98. The van der Waals surface area contributed by atoms with E-state index in [1.807, 2.05) is 18.2 Å². The van der Waals surface area contributed by atoms with Gasteiger partial charge in [-0.25, -0.2) is 5.43 Å². The lowest BCUT2D eigenvalue weighted by Crippen LogP contribution is -2.24. The number of hydrogen-bond donors (Lipinski definition) is 2. The number of hydrogen-bond acceptors (Lipinski definition) is 3. The zero-order valence-corrected chi connectivity index (χ0v) is 13.7. The van der Waals surface area contributed by atoms with Crippen LogP contribution in [0.2, 0.25) is 0 Å². The Bertz CT molecular complexity index is 774. The molecule has 1 aromatic carbocycles. The number of nitrogens with one attached hydrogen (secondary N) is 1. The Kier molecular flexibility index (Phi) is 3.98. The maximum atomic E-state index is 12.3. The molecule has 1 aromatic heterocycles. The first kappa shape index (κ1) is 15.7. The molecule has 1 aliphatic rings. The summed E-state index contributed by atoms with van der Waals surface area (Å²) in [5.74, 6) is -0.237. The van der Waals surface area contributed by atoms with Gasteiger partial charge < -0.3 is 9.67 Å². The number of hydrazone groups is 1. The molecule has 0 fully saturated rings. The molecule has 1 heterocycles. The van der Waals surface area contributed by atoms with E-state index >= 15 is 0 Å². The number of nitrogens with zero attached hydrogens (tertiary/aromatic N) is 2. The molecule has 0 atom stereocenters. The standard InChI is InChI=1S/C18H23N3O2/c1-18(2)8-7-12-15(11-18)21(9-10-22)14-6-4-5-13(16(12)14)17(23)20-19-3/h4-6,22H,3,7-11H2,1-2H3,(H,20,23). The number of rotatable bonds is 4. The Morgan fingerprint density at radius 2 is 2.26 bits per heavy atom. The van der Waals surface area contributed by atoms with Crippen LogP contribution in [0.4, 0.5) is 0 Å². The second kappa shape index (κ2) is 5.81. The molecule has 23 heavy (non-hydrogen) atoms. The van der Waals surface area contributed by atoms with E-state index in [-0.39, 0.29) is 17.9 Å². The van der Waals surface area contributed by atoms with Gasteiger partial charge in [0.25, 0.3) is 5.91 Å². The van der Waals surface area contributed by atoms with Gasteiger partial charge in [-0.2, -0.15) is 5.10 Å². The lowest BCUT2D eigenvalue weighted by atomic mass is 9.76. The molecule has 1 amide bonds. The van der Waals surface area contributed by atoms with Crippen molar-refractivity contribution in [2.24, 2.45) is 10.5 Å². The number of aromatic nitrogens is 1. The van der Waals surface area contributed by atoms with Crippen LogP contribution < -0.4 is 5.43 Å². The van der Waals surface area contributed by atoms with E-state index in [1.165, 1.54) is 11.3 Å². The smallest absolute Gasteiger partial charge is 0.272 e. The number of amides is 1. The topological polar surface area (TPSA) is 66.6 Å². The van der Waals surface area contributed by atoms with Crippen LogP contribution in [-0.2, 0) is 19.4 Å². The van der Waals surface area contributed by atoms with E-state index in [0.717, 1.165) is 30.2 Å². The molecule has 0 spiro atoms. The molecule has 2 aromatic rings. The minimum Gasteiger partial charge on any atom is -0.395 e. The number of aryl methyl sites for hydroxylation is 1. The Hall–Kier alpha value is -2.14. The van der Waals surface area contributed by atoms with Crippen molar-refractivity contribution in [1.29, 1.82) is 0 Å². The Morgan fingerprint density at radius 1 is 1.48 bits per heavy atom. The Balaban J connectivity index is 2.27. The van der Waals surface area contributed by atoms with Crippen molar-refractivity contribution in [2.75, 3.05) is 6.61 Å². The molecular weight excluding hydrogens is 290 g/mol.